The standard InChI is InChI=1S/C15H16N4O/c1-10(14-17-7-8-18-14)19-15-13-4-3-12(20-2)9-11(13)5-6-16-15/h3-10H,1-2H3,(H,16,19)(H,17,18). The highest BCUT2D eigenvalue weighted by Crippen LogP contribution is 2.27. The summed E-state index contributed by atoms with van der Waals surface area (Å²) in [5, 5.41) is 5.53. The Morgan fingerprint density at radius 3 is 2.85 bits per heavy atom. The molecule has 5 heteroatoms. The number of aromatic nitrogens is 3. The normalized spacial score (nSPS) is 12.3. The highest BCUT2D eigenvalue weighted by atomic mass is 16.5. The van der Waals surface area contributed by atoms with Crippen LogP contribution < -0.4 is 10.1 Å². The lowest BCUT2D eigenvalue weighted by Crippen LogP contribution is -2.09. The zero-order chi connectivity index (χ0) is 13.9. The summed E-state index contributed by atoms with van der Waals surface area (Å²) in [6, 6.07) is 7.98. The maximum Gasteiger partial charge on any atom is 0.134 e. The number of anilines is 1. The van der Waals surface area contributed by atoms with Crippen molar-refractivity contribution in [3.8, 4) is 5.75 Å². The summed E-state index contributed by atoms with van der Waals surface area (Å²) in [4.78, 5) is 11.8. The van der Waals surface area contributed by atoms with E-state index in [1.165, 1.54) is 0 Å². The molecule has 1 unspecified atom stereocenters. The number of rotatable bonds is 4. The smallest absolute Gasteiger partial charge is 0.134 e. The third-order valence-corrected chi connectivity index (χ3v) is 3.25. The summed E-state index contributed by atoms with van der Waals surface area (Å²) >= 11 is 0. The highest BCUT2D eigenvalue weighted by molar-refractivity contribution is 5.92. The van der Waals surface area contributed by atoms with Gasteiger partial charge >= 0.3 is 0 Å². The number of nitrogens with one attached hydrogen (secondary N) is 2. The van der Waals surface area contributed by atoms with Crippen molar-refractivity contribution in [2.45, 2.75) is 13.0 Å². The zero-order valence-corrected chi connectivity index (χ0v) is 11.4. The lowest BCUT2D eigenvalue weighted by atomic mass is 10.1. The number of methoxy groups -OCH3 is 1. The predicted octanol–water partition coefficient (Wildman–Crippen LogP) is 3.14. The van der Waals surface area contributed by atoms with Crippen LogP contribution in [-0.2, 0) is 0 Å². The van der Waals surface area contributed by atoms with Crippen LogP contribution >= 0.6 is 0 Å². The molecule has 2 N–H and O–H groups in total. The van der Waals surface area contributed by atoms with Crippen LogP contribution in [0, 0.1) is 0 Å². The number of fused-ring (bicyclic) bond motifs is 1. The van der Waals surface area contributed by atoms with E-state index in [9.17, 15) is 0 Å². The Balaban J connectivity index is 1.95. The van der Waals surface area contributed by atoms with Gasteiger partial charge in [0.05, 0.1) is 13.2 Å². The average molecular weight is 268 g/mol. The first-order chi connectivity index (χ1) is 9.78. The SMILES string of the molecule is COc1ccc2c(NC(C)c3ncc[nH]3)nccc2c1. The molecule has 0 radical (unpaired) electrons. The summed E-state index contributed by atoms with van der Waals surface area (Å²) in [6.07, 6.45) is 5.35. The van der Waals surface area contributed by atoms with Gasteiger partial charge < -0.3 is 15.0 Å². The maximum absolute atomic E-state index is 5.25. The molecule has 0 saturated carbocycles. The molecule has 2 heterocycles. The molecule has 0 fully saturated rings. The number of H-pyrrole nitrogens is 1. The monoisotopic (exact) mass is 268 g/mol. The number of pyridine rings is 1. The highest BCUT2D eigenvalue weighted by Gasteiger charge is 2.10. The van der Waals surface area contributed by atoms with Crippen LogP contribution in [0.5, 0.6) is 5.75 Å². The van der Waals surface area contributed by atoms with Crippen molar-refractivity contribution in [3.63, 3.8) is 0 Å². The average Bonchev–Trinajstić information content (AvgIpc) is 3.01. The molecule has 0 spiro atoms. The molecular weight excluding hydrogens is 252 g/mol. The van der Waals surface area contributed by atoms with Crippen molar-refractivity contribution in [1.82, 2.24) is 15.0 Å². The fraction of sp³-hybridized carbons (Fsp3) is 0.200. The largest absolute Gasteiger partial charge is 0.497 e. The minimum Gasteiger partial charge on any atom is -0.497 e. The van der Waals surface area contributed by atoms with Gasteiger partial charge in [-0.25, -0.2) is 9.97 Å². The van der Waals surface area contributed by atoms with Crippen molar-refractivity contribution in [3.05, 3.63) is 48.7 Å². The maximum atomic E-state index is 5.25. The molecule has 3 rings (SSSR count). The molecule has 0 aliphatic heterocycles. The first-order valence-corrected chi connectivity index (χ1v) is 6.46. The molecule has 3 aromatic rings. The van der Waals surface area contributed by atoms with Gasteiger partial charge in [-0.2, -0.15) is 0 Å². The van der Waals surface area contributed by atoms with Crippen molar-refractivity contribution >= 4 is 16.6 Å². The van der Waals surface area contributed by atoms with E-state index in [4.69, 9.17) is 4.74 Å². The van der Waals surface area contributed by atoms with E-state index in [0.717, 1.165) is 28.2 Å². The van der Waals surface area contributed by atoms with Crippen molar-refractivity contribution in [2.24, 2.45) is 0 Å². The van der Waals surface area contributed by atoms with Crippen molar-refractivity contribution in [2.75, 3.05) is 12.4 Å². The van der Waals surface area contributed by atoms with Gasteiger partial charge in [-0.3, -0.25) is 0 Å². The topological polar surface area (TPSA) is 62.8 Å². The number of aromatic amines is 1. The lowest BCUT2D eigenvalue weighted by Gasteiger charge is -2.14. The molecule has 0 amide bonds. The quantitative estimate of drug-likeness (QED) is 0.763. The molecule has 2 aromatic heterocycles. The molecular formula is C15H16N4O. The second kappa shape index (κ2) is 5.21. The number of benzene rings is 1. The number of hydrogen-bond donors (Lipinski definition) is 2. The minimum atomic E-state index is 0.0604. The molecule has 0 saturated heterocycles. The van der Waals surface area contributed by atoms with Crippen LogP contribution in [0.4, 0.5) is 5.82 Å². The molecule has 20 heavy (non-hydrogen) atoms. The van der Waals surface area contributed by atoms with Gasteiger partial charge in [0.25, 0.3) is 0 Å². The first-order valence-electron chi connectivity index (χ1n) is 6.46. The summed E-state index contributed by atoms with van der Waals surface area (Å²) in [6.45, 7) is 2.04. The third kappa shape index (κ3) is 2.30. The second-order valence-corrected chi connectivity index (χ2v) is 4.59. The molecule has 0 aliphatic rings. The minimum absolute atomic E-state index is 0.0604. The van der Waals surface area contributed by atoms with E-state index in [0.29, 0.717) is 0 Å². The van der Waals surface area contributed by atoms with Crippen molar-refractivity contribution < 1.29 is 4.74 Å². The zero-order valence-electron chi connectivity index (χ0n) is 11.4. The van der Waals surface area contributed by atoms with E-state index < -0.39 is 0 Å². The van der Waals surface area contributed by atoms with E-state index in [-0.39, 0.29) is 6.04 Å². The van der Waals surface area contributed by atoms with Crippen molar-refractivity contribution in [1.29, 1.82) is 0 Å². The van der Waals surface area contributed by atoms with Crippen LogP contribution in [-0.4, -0.2) is 22.1 Å². The summed E-state index contributed by atoms with van der Waals surface area (Å²) in [5.74, 6) is 2.57. The predicted molar refractivity (Wildman–Crippen MR) is 78.9 cm³/mol. The van der Waals surface area contributed by atoms with Gasteiger partial charge in [-0.15, -0.1) is 0 Å². The van der Waals surface area contributed by atoms with E-state index in [1.807, 2.05) is 37.4 Å². The Bertz CT molecular complexity index is 709. The van der Waals surface area contributed by atoms with Crippen LogP contribution in [0.25, 0.3) is 10.8 Å². The Kier molecular flexibility index (Phi) is 3.25. The Morgan fingerprint density at radius 2 is 2.10 bits per heavy atom. The molecule has 0 bridgehead atoms. The van der Waals surface area contributed by atoms with Gasteiger partial charge in [0.15, 0.2) is 0 Å². The molecule has 0 aliphatic carbocycles. The second-order valence-electron chi connectivity index (χ2n) is 4.59. The van der Waals surface area contributed by atoms with Gasteiger partial charge in [0, 0.05) is 24.0 Å². The van der Waals surface area contributed by atoms with Crippen LogP contribution in [0.15, 0.2) is 42.9 Å². The van der Waals surface area contributed by atoms with Crippen LogP contribution in [0.1, 0.15) is 18.8 Å². The van der Waals surface area contributed by atoms with E-state index >= 15 is 0 Å². The van der Waals surface area contributed by atoms with E-state index in [2.05, 4.69) is 20.3 Å². The van der Waals surface area contributed by atoms with Gasteiger partial charge in [-0.1, -0.05) is 0 Å². The molecule has 5 nitrogen and oxygen atoms in total. The molecule has 102 valence electrons. The fourth-order valence-corrected chi connectivity index (χ4v) is 2.19. The summed E-state index contributed by atoms with van der Waals surface area (Å²) < 4.78 is 5.25. The number of ether oxygens (including phenoxy) is 1. The number of nitrogens with zero attached hydrogens (tertiary/aromatic N) is 2. The Labute approximate surface area is 117 Å². The Morgan fingerprint density at radius 1 is 1.20 bits per heavy atom. The summed E-state index contributed by atoms with van der Waals surface area (Å²) in [7, 11) is 1.67. The van der Waals surface area contributed by atoms with Crippen LogP contribution in [0.3, 0.4) is 0 Å². The van der Waals surface area contributed by atoms with Gasteiger partial charge in [0.1, 0.15) is 17.4 Å². The van der Waals surface area contributed by atoms with Crippen LogP contribution in [0.2, 0.25) is 0 Å². The fourth-order valence-electron chi connectivity index (χ4n) is 2.19. The number of imidazole rings is 1. The summed E-state index contributed by atoms with van der Waals surface area (Å²) in [5.41, 5.74) is 0. The lowest BCUT2D eigenvalue weighted by molar-refractivity contribution is 0.415. The van der Waals surface area contributed by atoms with Gasteiger partial charge in [0.2, 0.25) is 0 Å². The third-order valence-electron chi connectivity index (χ3n) is 3.25. The molecule has 1 atom stereocenters. The first kappa shape index (κ1) is 12.5. The Hall–Kier alpha value is -2.56. The van der Waals surface area contributed by atoms with E-state index in [1.54, 1.807) is 19.5 Å². The molecule has 1 aromatic carbocycles. The number of hydrogen-bond acceptors (Lipinski definition) is 4. The van der Waals surface area contributed by atoms with Gasteiger partial charge in [-0.05, 0) is 36.6 Å².